The van der Waals surface area contributed by atoms with E-state index in [1.165, 1.54) is 20.8 Å². The van der Waals surface area contributed by atoms with Crippen LogP contribution >= 0.6 is 11.3 Å². The molecule has 1 aromatic carbocycles. The zero-order valence-electron chi connectivity index (χ0n) is 15.8. The molecule has 1 fully saturated rings. The predicted octanol–water partition coefficient (Wildman–Crippen LogP) is 2.92. The molecule has 0 radical (unpaired) electrons. The Morgan fingerprint density at radius 3 is 2.75 bits per heavy atom. The van der Waals surface area contributed by atoms with Crippen molar-refractivity contribution >= 4 is 27.3 Å². The molecule has 1 atom stereocenters. The lowest BCUT2D eigenvalue weighted by molar-refractivity contribution is 0.0657. The van der Waals surface area contributed by atoms with Crippen LogP contribution in [0.4, 0.5) is 0 Å². The second-order valence-corrected chi connectivity index (χ2v) is 9.95. The van der Waals surface area contributed by atoms with Crippen molar-refractivity contribution in [2.75, 3.05) is 32.8 Å². The van der Waals surface area contributed by atoms with Gasteiger partial charge >= 0.3 is 0 Å². The number of benzene rings is 1. The quantitative estimate of drug-likeness (QED) is 0.763. The van der Waals surface area contributed by atoms with E-state index in [-0.39, 0.29) is 16.8 Å². The number of carbonyl (C=O) groups excluding carboxylic acids is 1. The van der Waals surface area contributed by atoms with E-state index in [9.17, 15) is 13.2 Å². The summed E-state index contributed by atoms with van der Waals surface area (Å²) in [6, 6.07) is 8.59. The number of amides is 1. The molecular weight excluding hydrogens is 396 g/mol. The van der Waals surface area contributed by atoms with Crippen LogP contribution in [0.1, 0.15) is 40.2 Å². The second kappa shape index (κ2) is 7.94. The Hall–Kier alpha value is -1.74. The standard InChI is InChI=1S/C20H24N2O4S2/c1-2-18-17-7-13-27-19(17)6-8-22(18)20(23)15-4-3-5-16(14-15)28(24,25)21-9-11-26-12-10-21/h3-5,7,13-14,18H,2,6,8-12H2,1H3. The summed E-state index contributed by atoms with van der Waals surface area (Å²) in [6.45, 7) is 4.21. The number of sulfonamides is 1. The Morgan fingerprint density at radius 1 is 1.21 bits per heavy atom. The van der Waals surface area contributed by atoms with Crippen LogP contribution in [0.25, 0.3) is 0 Å². The molecule has 0 spiro atoms. The zero-order valence-corrected chi connectivity index (χ0v) is 17.5. The number of fused-ring (bicyclic) bond motifs is 1. The summed E-state index contributed by atoms with van der Waals surface area (Å²) in [5, 5.41) is 2.08. The first-order valence-corrected chi connectivity index (χ1v) is 11.9. The number of morpholine rings is 1. The van der Waals surface area contributed by atoms with Gasteiger partial charge in [-0.15, -0.1) is 11.3 Å². The normalized spacial score (nSPS) is 20.8. The number of hydrogen-bond donors (Lipinski definition) is 0. The molecule has 150 valence electrons. The van der Waals surface area contributed by atoms with Gasteiger partial charge in [0, 0.05) is 30.1 Å². The number of ether oxygens (including phenoxy) is 1. The molecule has 1 amide bonds. The minimum atomic E-state index is -3.62. The molecular formula is C20H24N2O4S2. The smallest absolute Gasteiger partial charge is 0.254 e. The Kier molecular flexibility index (Phi) is 5.55. The summed E-state index contributed by atoms with van der Waals surface area (Å²) >= 11 is 1.74. The molecule has 8 heteroatoms. The summed E-state index contributed by atoms with van der Waals surface area (Å²) in [5.41, 5.74) is 1.65. The third-order valence-corrected chi connectivity index (χ3v) is 8.32. The van der Waals surface area contributed by atoms with Gasteiger partial charge in [0.2, 0.25) is 10.0 Å². The fraction of sp³-hybridized carbons (Fsp3) is 0.450. The van der Waals surface area contributed by atoms with Gasteiger partial charge in [0.15, 0.2) is 0 Å². The lowest BCUT2D eigenvalue weighted by atomic mass is 9.97. The predicted molar refractivity (Wildman–Crippen MR) is 108 cm³/mol. The van der Waals surface area contributed by atoms with E-state index in [2.05, 4.69) is 18.4 Å². The van der Waals surface area contributed by atoms with E-state index >= 15 is 0 Å². The summed E-state index contributed by atoms with van der Waals surface area (Å²) in [7, 11) is -3.62. The molecule has 3 heterocycles. The van der Waals surface area contributed by atoms with Gasteiger partial charge in [-0.2, -0.15) is 4.31 Å². The van der Waals surface area contributed by atoms with Gasteiger partial charge in [-0.25, -0.2) is 8.42 Å². The van der Waals surface area contributed by atoms with Crippen molar-refractivity contribution < 1.29 is 17.9 Å². The van der Waals surface area contributed by atoms with Crippen LogP contribution in [0.15, 0.2) is 40.6 Å². The molecule has 0 aliphatic carbocycles. The third kappa shape index (κ3) is 3.50. The van der Waals surface area contributed by atoms with Crippen LogP contribution in [0.3, 0.4) is 0 Å². The molecule has 0 saturated carbocycles. The van der Waals surface area contributed by atoms with Gasteiger partial charge < -0.3 is 9.64 Å². The molecule has 2 aromatic rings. The van der Waals surface area contributed by atoms with Crippen LogP contribution in [0.5, 0.6) is 0 Å². The minimum Gasteiger partial charge on any atom is -0.379 e. The molecule has 0 bridgehead atoms. The Bertz CT molecular complexity index is 964. The van der Waals surface area contributed by atoms with Gasteiger partial charge in [-0.1, -0.05) is 13.0 Å². The lowest BCUT2D eigenvalue weighted by Gasteiger charge is -2.35. The maximum Gasteiger partial charge on any atom is 0.254 e. The number of carbonyl (C=O) groups is 1. The van der Waals surface area contributed by atoms with E-state index in [0.717, 1.165) is 12.8 Å². The average Bonchev–Trinajstić information content (AvgIpc) is 3.22. The molecule has 2 aliphatic rings. The Morgan fingerprint density at radius 2 is 2.00 bits per heavy atom. The summed E-state index contributed by atoms with van der Waals surface area (Å²) in [4.78, 5) is 16.7. The number of hydrogen-bond acceptors (Lipinski definition) is 5. The maximum atomic E-state index is 13.3. The van der Waals surface area contributed by atoms with Gasteiger partial charge in [0.25, 0.3) is 5.91 Å². The van der Waals surface area contributed by atoms with Crippen molar-refractivity contribution in [2.45, 2.75) is 30.7 Å². The van der Waals surface area contributed by atoms with Crippen LogP contribution in [0, 0.1) is 0 Å². The first-order valence-electron chi connectivity index (χ1n) is 9.57. The van der Waals surface area contributed by atoms with Crippen molar-refractivity contribution in [3.63, 3.8) is 0 Å². The monoisotopic (exact) mass is 420 g/mol. The Balaban J connectivity index is 1.61. The van der Waals surface area contributed by atoms with Crippen LogP contribution in [-0.2, 0) is 21.2 Å². The van der Waals surface area contributed by atoms with Crippen molar-refractivity contribution in [1.82, 2.24) is 9.21 Å². The fourth-order valence-electron chi connectivity index (χ4n) is 3.97. The summed E-state index contributed by atoms with van der Waals surface area (Å²) in [6.07, 6.45) is 1.68. The first kappa shape index (κ1) is 19.6. The molecule has 1 aromatic heterocycles. The van der Waals surface area contributed by atoms with Gasteiger partial charge in [0.05, 0.1) is 24.2 Å². The highest BCUT2D eigenvalue weighted by Crippen LogP contribution is 2.36. The van der Waals surface area contributed by atoms with Crippen molar-refractivity contribution in [3.8, 4) is 0 Å². The summed E-state index contributed by atoms with van der Waals surface area (Å²) in [5.74, 6) is -0.109. The van der Waals surface area contributed by atoms with E-state index in [4.69, 9.17) is 4.74 Å². The highest BCUT2D eigenvalue weighted by Gasteiger charge is 2.32. The molecule has 0 N–H and O–H groups in total. The van der Waals surface area contributed by atoms with Crippen LogP contribution in [-0.4, -0.2) is 56.4 Å². The molecule has 4 rings (SSSR count). The summed E-state index contributed by atoms with van der Waals surface area (Å²) < 4.78 is 32.5. The van der Waals surface area contributed by atoms with E-state index in [0.29, 0.717) is 38.4 Å². The van der Waals surface area contributed by atoms with E-state index in [1.54, 1.807) is 29.5 Å². The van der Waals surface area contributed by atoms with Crippen LogP contribution < -0.4 is 0 Å². The molecule has 2 aliphatic heterocycles. The number of thiophene rings is 1. The van der Waals surface area contributed by atoms with E-state index in [1.807, 2.05) is 4.90 Å². The van der Waals surface area contributed by atoms with E-state index < -0.39 is 10.0 Å². The first-order chi connectivity index (χ1) is 13.5. The van der Waals surface area contributed by atoms with Crippen molar-refractivity contribution in [1.29, 1.82) is 0 Å². The van der Waals surface area contributed by atoms with Gasteiger partial charge in [-0.3, -0.25) is 4.79 Å². The lowest BCUT2D eigenvalue weighted by Crippen LogP contribution is -2.41. The fourth-order valence-corrected chi connectivity index (χ4v) is 6.35. The van der Waals surface area contributed by atoms with Crippen molar-refractivity contribution in [2.24, 2.45) is 0 Å². The highest BCUT2D eigenvalue weighted by atomic mass is 32.2. The average molecular weight is 421 g/mol. The van der Waals surface area contributed by atoms with Crippen molar-refractivity contribution in [3.05, 3.63) is 51.7 Å². The Labute approximate surface area is 169 Å². The minimum absolute atomic E-state index is 0.0435. The van der Waals surface area contributed by atoms with Gasteiger partial charge in [0.1, 0.15) is 0 Å². The van der Waals surface area contributed by atoms with Crippen LogP contribution in [0.2, 0.25) is 0 Å². The SMILES string of the molecule is CCC1c2ccsc2CCN1C(=O)c1cccc(S(=O)(=O)N2CCOCC2)c1. The molecule has 28 heavy (non-hydrogen) atoms. The number of rotatable bonds is 4. The zero-order chi connectivity index (χ0) is 19.7. The number of nitrogens with zero attached hydrogens (tertiary/aromatic N) is 2. The second-order valence-electron chi connectivity index (χ2n) is 7.02. The molecule has 1 saturated heterocycles. The van der Waals surface area contributed by atoms with Gasteiger partial charge in [-0.05, 0) is 48.1 Å². The highest BCUT2D eigenvalue weighted by molar-refractivity contribution is 7.89. The molecule has 1 unspecified atom stereocenters. The molecule has 6 nitrogen and oxygen atoms in total. The largest absolute Gasteiger partial charge is 0.379 e. The maximum absolute atomic E-state index is 13.3. The topological polar surface area (TPSA) is 66.9 Å². The third-order valence-electron chi connectivity index (χ3n) is 5.43.